The number of aromatic nitrogens is 4. The van der Waals surface area contributed by atoms with Crippen LogP contribution < -0.4 is 9.80 Å². The van der Waals surface area contributed by atoms with Gasteiger partial charge >= 0.3 is 6.18 Å². The molecule has 3 aromatic rings. The van der Waals surface area contributed by atoms with E-state index in [4.69, 9.17) is 0 Å². The highest BCUT2D eigenvalue weighted by Crippen LogP contribution is 2.28. The molecule has 2 fully saturated rings. The number of hydrogen-bond acceptors (Lipinski definition) is 7. The lowest BCUT2D eigenvalue weighted by Gasteiger charge is -2.35. The number of rotatable bonds is 4. The molecule has 4 heterocycles. The van der Waals surface area contributed by atoms with E-state index < -0.39 is 12.0 Å². The van der Waals surface area contributed by atoms with Gasteiger partial charge in [-0.2, -0.15) is 17.7 Å². The molecule has 0 bridgehead atoms. The van der Waals surface area contributed by atoms with Gasteiger partial charge in [-0.3, -0.25) is 4.90 Å². The highest BCUT2D eigenvalue weighted by Gasteiger charge is 2.37. The molecule has 0 radical (unpaired) electrons. The van der Waals surface area contributed by atoms with Crippen molar-refractivity contribution in [1.29, 1.82) is 0 Å². The zero-order valence-corrected chi connectivity index (χ0v) is 18.5. The molecule has 176 valence electrons. The Morgan fingerprint density at radius 1 is 0.788 bits per heavy atom. The third kappa shape index (κ3) is 4.74. The maximum atomic E-state index is 13.1. The van der Waals surface area contributed by atoms with Crippen LogP contribution in [0.25, 0.3) is 5.65 Å². The first kappa shape index (κ1) is 21.9. The Morgan fingerprint density at radius 3 is 2.12 bits per heavy atom. The molecule has 0 saturated carbocycles. The van der Waals surface area contributed by atoms with Crippen molar-refractivity contribution in [2.24, 2.45) is 0 Å². The second kappa shape index (κ2) is 8.79. The summed E-state index contributed by atoms with van der Waals surface area (Å²) >= 11 is 0. The minimum atomic E-state index is -4.59. The van der Waals surface area contributed by atoms with Gasteiger partial charge in [-0.1, -0.05) is 12.1 Å². The van der Waals surface area contributed by atoms with Crippen molar-refractivity contribution in [3.05, 3.63) is 47.8 Å². The third-order valence-electron chi connectivity index (χ3n) is 6.41. The number of piperazine rings is 2. The molecule has 2 aromatic heterocycles. The summed E-state index contributed by atoms with van der Waals surface area (Å²) in [7, 11) is 2.16. The van der Waals surface area contributed by atoms with E-state index >= 15 is 0 Å². The average molecular weight is 461 g/mol. The van der Waals surface area contributed by atoms with Crippen LogP contribution in [0.2, 0.25) is 0 Å². The van der Waals surface area contributed by atoms with E-state index in [9.17, 15) is 13.2 Å². The maximum Gasteiger partial charge on any atom is 0.453 e. The van der Waals surface area contributed by atoms with Gasteiger partial charge in [0, 0.05) is 64.6 Å². The van der Waals surface area contributed by atoms with Gasteiger partial charge in [-0.05, 0) is 36.9 Å². The fourth-order valence-electron chi connectivity index (χ4n) is 4.39. The molecule has 0 amide bonds. The summed E-state index contributed by atoms with van der Waals surface area (Å²) < 4.78 is 40.2. The van der Waals surface area contributed by atoms with Crippen LogP contribution in [0.1, 0.15) is 11.4 Å². The van der Waals surface area contributed by atoms with Gasteiger partial charge in [0.15, 0.2) is 5.65 Å². The molecular formula is C22H27F3N8. The molecule has 1 aromatic carbocycles. The topological polar surface area (TPSA) is 56.0 Å². The van der Waals surface area contributed by atoms with Crippen molar-refractivity contribution >= 4 is 17.2 Å². The Kier molecular flexibility index (Phi) is 5.83. The van der Waals surface area contributed by atoms with Crippen LogP contribution in [0.4, 0.5) is 24.7 Å². The first-order valence-electron chi connectivity index (χ1n) is 11.2. The second-order valence-corrected chi connectivity index (χ2v) is 8.70. The Bertz CT molecular complexity index is 1080. The fraction of sp³-hybridized carbons (Fsp3) is 0.500. The van der Waals surface area contributed by atoms with Crippen LogP contribution in [0, 0.1) is 0 Å². The zero-order valence-electron chi connectivity index (χ0n) is 18.5. The number of anilines is 2. The van der Waals surface area contributed by atoms with Gasteiger partial charge in [-0.15, -0.1) is 15.3 Å². The van der Waals surface area contributed by atoms with Crippen molar-refractivity contribution in [3.63, 3.8) is 0 Å². The number of benzene rings is 1. The number of likely N-dealkylation sites (N-methyl/N-ethyl adjacent to an activating group) is 1. The average Bonchev–Trinajstić information content (AvgIpc) is 3.25. The molecule has 0 unspecified atom stereocenters. The summed E-state index contributed by atoms with van der Waals surface area (Å²) in [6.45, 7) is 8.15. The number of hydrogen-bond donors (Lipinski definition) is 0. The second-order valence-electron chi connectivity index (χ2n) is 8.70. The first-order chi connectivity index (χ1) is 15.9. The predicted octanol–water partition coefficient (Wildman–Crippen LogP) is 2.22. The van der Waals surface area contributed by atoms with Crippen LogP contribution >= 0.6 is 0 Å². The van der Waals surface area contributed by atoms with Crippen molar-refractivity contribution in [3.8, 4) is 0 Å². The number of nitrogens with zero attached hydrogens (tertiary/aromatic N) is 8. The van der Waals surface area contributed by atoms with Gasteiger partial charge in [0.05, 0.1) is 0 Å². The lowest BCUT2D eigenvalue weighted by molar-refractivity contribution is -0.146. The zero-order chi connectivity index (χ0) is 23.0. The van der Waals surface area contributed by atoms with Crippen molar-refractivity contribution < 1.29 is 13.2 Å². The molecule has 0 aliphatic carbocycles. The lowest BCUT2D eigenvalue weighted by Crippen LogP contribution is -2.46. The molecule has 5 rings (SSSR count). The third-order valence-corrected chi connectivity index (χ3v) is 6.41. The van der Waals surface area contributed by atoms with Gasteiger partial charge in [0.2, 0.25) is 0 Å². The monoisotopic (exact) mass is 460 g/mol. The van der Waals surface area contributed by atoms with E-state index in [1.54, 1.807) is 6.07 Å². The Hall–Kier alpha value is -2.92. The van der Waals surface area contributed by atoms with Gasteiger partial charge in [0.25, 0.3) is 5.82 Å². The van der Waals surface area contributed by atoms with Gasteiger partial charge in [-0.25, -0.2) is 0 Å². The Labute approximate surface area is 190 Å². The molecule has 11 heteroatoms. The summed E-state index contributed by atoms with van der Waals surface area (Å²) in [4.78, 5) is 9.14. The van der Waals surface area contributed by atoms with E-state index in [0.717, 1.165) is 50.3 Å². The standard InChI is InChI=1S/C22H27F3N8/c1-29-8-12-31(13-9-29)18-4-2-17(3-5-18)16-30-10-14-32(15-11-30)20-7-6-19-26-27-21(22(23,24)25)33(19)28-20/h2-7H,8-16H2,1H3. The lowest BCUT2D eigenvalue weighted by atomic mass is 10.1. The number of fused-ring (bicyclic) bond motifs is 1. The SMILES string of the molecule is CN1CCN(c2ccc(CN3CCN(c4ccc5nnc(C(F)(F)F)n5n4)CC3)cc2)CC1. The normalized spacial score (nSPS) is 18.9. The summed E-state index contributed by atoms with van der Waals surface area (Å²) in [5.41, 5.74) is 2.62. The minimum absolute atomic E-state index is 0.0877. The quantitative estimate of drug-likeness (QED) is 0.592. The van der Waals surface area contributed by atoms with E-state index in [-0.39, 0.29) is 5.65 Å². The van der Waals surface area contributed by atoms with E-state index in [0.29, 0.717) is 18.9 Å². The summed E-state index contributed by atoms with van der Waals surface area (Å²) in [5, 5.41) is 11.0. The molecule has 2 aliphatic rings. The van der Waals surface area contributed by atoms with Gasteiger partial charge in [0.1, 0.15) is 5.82 Å². The van der Waals surface area contributed by atoms with Crippen molar-refractivity contribution in [1.82, 2.24) is 29.6 Å². The van der Waals surface area contributed by atoms with Crippen LogP contribution in [-0.2, 0) is 12.7 Å². The van der Waals surface area contributed by atoms with Crippen LogP contribution in [0.15, 0.2) is 36.4 Å². The fourth-order valence-corrected chi connectivity index (χ4v) is 4.39. The highest BCUT2D eigenvalue weighted by atomic mass is 19.4. The van der Waals surface area contributed by atoms with Crippen LogP contribution in [0.5, 0.6) is 0 Å². The van der Waals surface area contributed by atoms with Crippen molar-refractivity contribution in [2.75, 3.05) is 69.2 Å². The summed E-state index contributed by atoms with van der Waals surface area (Å²) in [6.07, 6.45) is -4.59. The number of halogens is 3. The van der Waals surface area contributed by atoms with E-state index in [1.807, 2.05) is 4.90 Å². The molecule has 33 heavy (non-hydrogen) atoms. The van der Waals surface area contributed by atoms with E-state index in [2.05, 4.69) is 61.3 Å². The Balaban J connectivity index is 1.18. The smallest absolute Gasteiger partial charge is 0.369 e. The molecule has 2 saturated heterocycles. The van der Waals surface area contributed by atoms with Crippen LogP contribution in [0.3, 0.4) is 0 Å². The Morgan fingerprint density at radius 2 is 1.45 bits per heavy atom. The predicted molar refractivity (Wildman–Crippen MR) is 119 cm³/mol. The summed E-state index contributed by atoms with van der Waals surface area (Å²) in [6, 6.07) is 12.0. The highest BCUT2D eigenvalue weighted by molar-refractivity contribution is 5.48. The molecule has 8 nitrogen and oxygen atoms in total. The van der Waals surface area contributed by atoms with E-state index in [1.165, 1.54) is 17.3 Å². The summed E-state index contributed by atoms with van der Waals surface area (Å²) in [5.74, 6) is -0.595. The molecule has 2 aliphatic heterocycles. The maximum absolute atomic E-state index is 13.1. The largest absolute Gasteiger partial charge is 0.453 e. The molecule has 0 spiro atoms. The van der Waals surface area contributed by atoms with Crippen molar-refractivity contribution in [2.45, 2.75) is 12.7 Å². The minimum Gasteiger partial charge on any atom is -0.369 e. The molecule has 0 atom stereocenters. The first-order valence-corrected chi connectivity index (χ1v) is 11.2. The molecular weight excluding hydrogens is 433 g/mol. The van der Waals surface area contributed by atoms with Gasteiger partial charge < -0.3 is 14.7 Å². The van der Waals surface area contributed by atoms with Crippen LogP contribution in [-0.4, -0.2) is 89.0 Å². The molecule has 0 N–H and O–H groups in total. The number of alkyl halides is 3.